The first kappa shape index (κ1) is 8.60. The second kappa shape index (κ2) is 3.05. The summed E-state index contributed by atoms with van der Waals surface area (Å²) in [5, 5.41) is 0. The first-order chi connectivity index (χ1) is 6.16. The fraction of sp³-hybridized carbons (Fsp3) is 0.700. The third kappa shape index (κ3) is 1.55. The highest BCUT2D eigenvalue weighted by molar-refractivity contribution is 5.75. The van der Waals surface area contributed by atoms with E-state index < -0.39 is 0 Å². The number of aliphatic imine (C=N–C) groups is 1. The maximum Gasteiger partial charge on any atom is 0.287 e. The van der Waals surface area contributed by atoms with Crippen LogP contribution in [0.5, 0.6) is 0 Å². The van der Waals surface area contributed by atoms with Gasteiger partial charge in [-0.25, -0.2) is 0 Å². The van der Waals surface area contributed by atoms with Gasteiger partial charge in [0, 0.05) is 0 Å². The molecule has 0 saturated heterocycles. The van der Waals surface area contributed by atoms with Gasteiger partial charge in [0.2, 0.25) is 0 Å². The van der Waals surface area contributed by atoms with Crippen molar-refractivity contribution in [3.8, 4) is 0 Å². The molecule has 3 atom stereocenters. The number of amidine groups is 1. The molecular weight excluding hydrogens is 164 g/mol. The van der Waals surface area contributed by atoms with Gasteiger partial charge in [0.1, 0.15) is 6.10 Å². The molecule has 2 rings (SSSR count). The first-order valence-corrected chi connectivity index (χ1v) is 4.87. The van der Waals surface area contributed by atoms with Crippen molar-refractivity contribution in [2.24, 2.45) is 22.6 Å². The summed E-state index contributed by atoms with van der Waals surface area (Å²) in [6.07, 6.45) is 4.42. The summed E-state index contributed by atoms with van der Waals surface area (Å²) in [5.41, 5.74) is 6.55. The monoisotopic (exact) mass is 180 g/mol. The van der Waals surface area contributed by atoms with E-state index in [1.807, 2.05) is 0 Å². The molecule has 0 bridgehead atoms. The molecule has 0 spiro atoms. The molecule has 3 unspecified atom stereocenters. The van der Waals surface area contributed by atoms with Crippen molar-refractivity contribution in [2.45, 2.75) is 32.8 Å². The van der Waals surface area contributed by atoms with Crippen molar-refractivity contribution in [3.05, 3.63) is 11.8 Å². The van der Waals surface area contributed by atoms with E-state index in [9.17, 15) is 0 Å². The molecule has 0 amide bonds. The molecule has 3 nitrogen and oxygen atoms in total. The van der Waals surface area contributed by atoms with Crippen molar-refractivity contribution < 1.29 is 4.74 Å². The van der Waals surface area contributed by atoms with E-state index in [1.54, 1.807) is 0 Å². The van der Waals surface area contributed by atoms with Gasteiger partial charge in [0.05, 0.1) is 5.70 Å². The van der Waals surface area contributed by atoms with Crippen LogP contribution in [0, 0.1) is 11.8 Å². The van der Waals surface area contributed by atoms with E-state index in [4.69, 9.17) is 10.5 Å². The first-order valence-electron chi connectivity index (χ1n) is 4.87. The van der Waals surface area contributed by atoms with Crippen molar-refractivity contribution in [1.29, 1.82) is 0 Å². The lowest BCUT2D eigenvalue weighted by Gasteiger charge is -2.18. The number of ether oxygens (including phenoxy) is 1. The highest BCUT2D eigenvalue weighted by atomic mass is 16.5. The normalized spacial score (nSPS) is 38.5. The fourth-order valence-electron chi connectivity index (χ4n) is 1.89. The van der Waals surface area contributed by atoms with Crippen molar-refractivity contribution in [2.75, 3.05) is 0 Å². The molecule has 0 aromatic heterocycles. The van der Waals surface area contributed by atoms with Gasteiger partial charge in [0.25, 0.3) is 6.02 Å². The Morgan fingerprint density at radius 1 is 1.46 bits per heavy atom. The molecule has 1 aliphatic heterocycles. The number of allylic oxidation sites excluding steroid dienone is 1. The van der Waals surface area contributed by atoms with Gasteiger partial charge in [-0.2, -0.15) is 4.99 Å². The molecule has 0 radical (unpaired) electrons. The highest BCUT2D eigenvalue weighted by Gasteiger charge is 2.29. The largest absolute Gasteiger partial charge is 0.455 e. The van der Waals surface area contributed by atoms with Gasteiger partial charge < -0.3 is 10.5 Å². The molecule has 2 N–H and O–H groups in total. The summed E-state index contributed by atoms with van der Waals surface area (Å²) in [6, 6.07) is 0.331. The molecule has 2 aliphatic rings. The summed E-state index contributed by atoms with van der Waals surface area (Å²) < 4.78 is 5.42. The smallest absolute Gasteiger partial charge is 0.287 e. The average Bonchev–Trinajstić information content (AvgIpc) is 2.36. The molecule has 0 saturated carbocycles. The Bertz CT molecular complexity index is 270. The molecule has 1 aliphatic carbocycles. The summed E-state index contributed by atoms with van der Waals surface area (Å²) in [4.78, 5) is 4.17. The van der Waals surface area contributed by atoms with Crippen LogP contribution in [0.25, 0.3) is 0 Å². The number of hydrogen-bond donors (Lipinski definition) is 1. The highest BCUT2D eigenvalue weighted by Crippen LogP contribution is 2.32. The van der Waals surface area contributed by atoms with Crippen LogP contribution in [0.15, 0.2) is 16.8 Å². The topological polar surface area (TPSA) is 47.6 Å². The number of nitrogens with two attached hydrogens (primary N) is 1. The van der Waals surface area contributed by atoms with Crippen molar-refractivity contribution in [1.82, 2.24) is 0 Å². The zero-order valence-electron chi connectivity index (χ0n) is 8.16. The van der Waals surface area contributed by atoms with E-state index in [2.05, 4.69) is 24.9 Å². The third-order valence-electron chi connectivity index (χ3n) is 3.09. The third-order valence-corrected chi connectivity index (χ3v) is 3.09. The van der Waals surface area contributed by atoms with E-state index >= 15 is 0 Å². The van der Waals surface area contributed by atoms with E-state index in [0.29, 0.717) is 11.9 Å². The molecule has 72 valence electrons. The molecule has 0 aromatic carbocycles. The predicted molar refractivity (Wildman–Crippen MR) is 52.1 cm³/mol. The Labute approximate surface area is 78.7 Å². The van der Waals surface area contributed by atoms with Crippen LogP contribution in [0.2, 0.25) is 0 Å². The van der Waals surface area contributed by atoms with Crippen LogP contribution in [-0.2, 0) is 4.74 Å². The van der Waals surface area contributed by atoms with E-state index in [1.165, 1.54) is 0 Å². The Kier molecular flexibility index (Phi) is 2.02. The average molecular weight is 180 g/mol. The molecule has 13 heavy (non-hydrogen) atoms. The summed E-state index contributed by atoms with van der Waals surface area (Å²) in [7, 11) is 0. The van der Waals surface area contributed by atoms with E-state index in [-0.39, 0.29) is 6.10 Å². The van der Waals surface area contributed by atoms with Gasteiger partial charge in [-0.05, 0) is 24.7 Å². The SMILES string of the molecule is CC1CC=C2N=C(N)OC2CC1C. The van der Waals surface area contributed by atoms with Crippen molar-refractivity contribution >= 4 is 6.02 Å². The summed E-state index contributed by atoms with van der Waals surface area (Å²) >= 11 is 0. The predicted octanol–water partition coefficient (Wildman–Crippen LogP) is 1.65. The lowest BCUT2D eigenvalue weighted by molar-refractivity contribution is 0.194. The number of nitrogens with zero attached hydrogens (tertiary/aromatic N) is 1. The molecular formula is C10H16N2O. The minimum atomic E-state index is 0.125. The Morgan fingerprint density at radius 2 is 2.23 bits per heavy atom. The zero-order valence-corrected chi connectivity index (χ0v) is 8.16. The van der Waals surface area contributed by atoms with Crippen LogP contribution >= 0.6 is 0 Å². The Balaban J connectivity index is 2.18. The lowest BCUT2D eigenvalue weighted by Crippen LogP contribution is -2.20. The number of rotatable bonds is 0. The van der Waals surface area contributed by atoms with Gasteiger partial charge in [-0.3, -0.25) is 0 Å². The van der Waals surface area contributed by atoms with Gasteiger partial charge >= 0.3 is 0 Å². The van der Waals surface area contributed by atoms with E-state index in [0.717, 1.165) is 24.5 Å². The second-order valence-corrected chi connectivity index (χ2v) is 4.11. The van der Waals surface area contributed by atoms with Gasteiger partial charge in [-0.1, -0.05) is 19.9 Å². The Morgan fingerprint density at radius 3 is 3.00 bits per heavy atom. The second-order valence-electron chi connectivity index (χ2n) is 4.11. The van der Waals surface area contributed by atoms with Gasteiger partial charge in [-0.15, -0.1) is 0 Å². The lowest BCUT2D eigenvalue weighted by atomic mass is 9.91. The standard InChI is InChI=1S/C10H16N2O/c1-6-3-4-8-9(5-7(6)2)13-10(11)12-8/h4,6-7,9H,3,5H2,1-2H3,(H2,11,12). The number of hydrogen-bond acceptors (Lipinski definition) is 3. The molecule has 1 heterocycles. The minimum absolute atomic E-state index is 0.125. The van der Waals surface area contributed by atoms with Crippen LogP contribution in [0.1, 0.15) is 26.7 Å². The maximum absolute atomic E-state index is 5.51. The van der Waals surface area contributed by atoms with Crippen LogP contribution in [0.4, 0.5) is 0 Å². The molecule has 3 heteroatoms. The number of fused-ring (bicyclic) bond motifs is 1. The Hall–Kier alpha value is -0.990. The van der Waals surface area contributed by atoms with Crippen LogP contribution in [0.3, 0.4) is 0 Å². The molecule has 0 aromatic rings. The quantitative estimate of drug-likeness (QED) is 0.616. The van der Waals surface area contributed by atoms with Gasteiger partial charge in [0.15, 0.2) is 0 Å². The zero-order chi connectivity index (χ0) is 9.42. The minimum Gasteiger partial charge on any atom is -0.455 e. The molecule has 0 fully saturated rings. The van der Waals surface area contributed by atoms with Crippen LogP contribution in [-0.4, -0.2) is 12.1 Å². The van der Waals surface area contributed by atoms with Crippen molar-refractivity contribution in [3.63, 3.8) is 0 Å². The summed E-state index contributed by atoms with van der Waals surface area (Å²) in [5.74, 6) is 1.40. The van der Waals surface area contributed by atoms with Crippen LogP contribution < -0.4 is 5.73 Å². The fourth-order valence-corrected chi connectivity index (χ4v) is 1.89. The summed E-state index contributed by atoms with van der Waals surface area (Å²) in [6.45, 7) is 4.54. The maximum atomic E-state index is 5.51.